The summed E-state index contributed by atoms with van der Waals surface area (Å²) in [5, 5.41) is 8.38. The highest BCUT2D eigenvalue weighted by Gasteiger charge is 2.50. The Morgan fingerprint density at radius 3 is 2.40 bits per heavy atom. The molecule has 4 rings (SSSR count). The number of rotatable bonds is 3. The third kappa shape index (κ3) is 4.32. The lowest BCUT2D eigenvalue weighted by Crippen LogP contribution is -2.51. The Labute approximate surface area is 181 Å². The van der Waals surface area contributed by atoms with Gasteiger partial charge in [-0.2, -0.15) is 0 Å². The normalized spacial score (nSPS) is 27.5. The number of carboxylic acid groups (broad SMARTS) is 1. The number of aromatic carboxylic acids is 1. The first-order valence-electron chi connectivity index (χ1n) is 11.3. The number of nitrogens with two attached hydrogens (primary N) is 1. The number of hydrogen-bond donors (Lipinski definition) is 2. The molecule has 3 heteroatoms. The highest BCUT2D eigenvalue weighted by atomic mass is 16.4. The van der Waals surface area contributed by atoms with Crippen LogP contribution in [-0.4, -0.2) is 17.6 Å². The standard InChI is InChI=1S/C20H31N.C7H6O2/c1-14(2)15-6-8-17-16(12-15)7-9-18-19(3,13-21)10-5-11-20(17,18)4;8-7(9)6-4-2-1-3-5-6/h6,8,12,14,18H,5,7,9-11,13,21H2,1-4H3;1-5H,(H,8,9)/t18-,19+,20-;/m0./s1. The molecule has 2 aliphatic rings. The molecule has 0 heterocycles. The Hall–Kier alpha value is -2.13. The number of fused-ring (bicyclic) bond motifs is 3. The molecule has 0 saturated heterocycles. The summed E-state index contributed by atoms with van der Waals surface area (Å²) in [6.07, 6.45) is 6.53. The molecule has 1 fully saturated rings. The second kappa shape index (κ2) is 8.93. The van der Waals surface area contributed by atoms with Crippen molar-refractivity contribution in [2.75, 3.05) is 6.54 Å². The third-order valence-corrected chi connectivity index (χ3v) is 7.66. The smallest absolute Gasteiger partial charge is 0.335 e. The zero-order valence-electron chi connectivity index (χ0n) is 18.9. The maximum atomic E-state index is 10.2. The molecular formula is C27H37NO2. The average Bonchev–Trinajstić information content (AvgIpc) is 2.74. The van der Waals surface area contributed by atoms with Gasteiger partial charge in [0, 0.05) is 0 Å². The Morgan fingerprint density at radius 1 is 1.13 bits per heavy atom. The third-order valence-electron chi connectivity index (χ3n) is 7.66. The zero-order chi connectivity index (χ0) is 21.9. The summed E-state index contributed by atoms with van der Waals surface area (Å²) in [7, 11) is 0. The molecule has 162 valence electrons. The van der Waals surface area contributed by atoms with Gasteiger partial charge in [0.05, 0.1) is 5.56 Å². The second-order valence-electron chi connectivity index (χ2n) is 9.96. The Balaban J connectivity index is 0.000000239. The van der Waals surface area contributed by atoms with Gasteiger partial charge in [0.25, 0.3) is 0 Å². The number of aryl methyl sites for hydroxylation is 1. The largest absolute Gasteiger partial charge is 0.478 e. The van der Waals surface area contributed by atoms with Crippen LogP contribution in [0.2, 0.25) is 0 Å². The maximum Gasteiger partial charge on any atom is 0.335 e. The lowest BCUT2D eigenvalue weighted by Gasteiger charge is -2.55. The number of carboxylic acids is 1. The van der Waals surface area contributed by atoms with Crippen molar-refractivity contribution >= 4 is 5.97 Å². The van der Waals surface area contributed by atoms with Gasteiger partial charge < -0.3 is 10.8 Å². The quantitative estimate of drug-likeness (QED) is 0.640. The van der Waals surface area contributed by atoms with Crippen LogP contribution in [0.1, 0.15) is 86.3 Å². The van der Waals surface area contributed by atoms with E-state index in [1.165, 1.54) is 37.7 Å². The molecule has 0 aliphatic heterocycles. The fraction of sp³-hybridized carbons (Fsp3) is 0.519. The molecule has 0 bridgehead atoms. The molecule has 0 radical (unpaired) electrons. The van der Waals surface area contributed by atoms with E-state index in [1.54, 1.807) is 41.5 Å². The minimum Gasteiger partial charge on any atom is -0.478 e. The zero-order valence-corrected chi connectivity index (χ0v) is 18.9. The van der Waals surface area contributed by atoms with Crippen LogP contribution in [0.15, 0.2) is 48.5 Å². The van der Waals surface area contributed by atoms with Crippen molar-refractivity contribution in [1.29, 1.82) is 0 Å². The summed E-state index contributed by atoms with van der Waals surface area (Å²) in [6, 6.07) is 15.6. The highest BCUT2D eigenvalue weighted by Crippen LogP contribution is 2.56. The predicted octanol–water partition coefficient (Wildman–Crippen LogP) is 6.16. The maximum absolute atomic E-state index is 10.2. The lowest BCUT2D eigenvalue weighted by atomic mass is 9.50. The monoisotopic (exact) mass is 407 g/mol. The van der Waals surface area contributed by atoms with Crippen LogP contribution in [0.5, 0.6) is 0 Å². The molecule has 3 nitrogen and oxygen atoms in total. The van der Waals surface area contributed by atoms with E-state index < -0.39 is 5.97 Å². The van der Waals surface area contributed by atoms with Crippen molar-refractivity contribution in [1.82, 2.24) is 0 Å². The number of benzene rings is 2. The SMILES string of the molecule is CC(C)c1ccc2c(c1)CC[C@H]1[C@@](C)(CN)CCC[C@@]21C.O=C(O)c1ccccc1. The fourth-order valence-electron chi connectivity index (χ4n) is 5.83. The van der Waals surface area contributed by atoms with Gasteiger partial charge >= 0.3 is 5.97 Å². The summed E-state index contributed by atoms with van der Waals surface area (Å²) in [5.74, 6) is 0.498. The number of hydrogen-bond acceptors (Lipinski definition) is 2. The van der Waals surface area contributed by atoms with E-state index in [9.17, 15) is 4.79 Å². The van der Waals surface area contributed by atoms with Crippen LogP contribution in [0.25, 0.3) is 0 Å². The van der Waals surface area contributed by atoms with Gasteiger partial charge in [-0.25, -0.2) is 4.79 Å². The Morgan fingerprint density at radius 2 is 1.83 bits per heavy atom. The lowest BCUT2D eigenvalue weighted by molar-refractivity contribution is 0.0326. The van der Waals surface area contributed by atoms with Crippen LogP contribution in [0.4, 0.5) is 0 Å². The molecule has 30 heavy (non-hydrogen) atoms. The minimum absolute atomic E-state index is 0.331. The summed E-state index contributed by atoms with van der Waals surface area (Å²) in [6.45, 7) is 10.4. The van der Waals surface area contributed by atoms with E-state index >= 15 is 0 Å². The molecule has 0 amide bonds. The van der Waals surface area contributed by atoms with Crippen molar-refractivity contribution in [2.24, 2.45) is 17.1 Å². The minimum atomic E-state index is -0.879. The van der Waals surface area contributed by atoms with Crippen LogP contribution in [-0.2, 0) is 11.8 Å². The van der Waals surface area contributed by atoms with Crippen molar-refractivity contribution in [3.05, 3.63) is 70.8 Å². The van der Waals surface area contributed by atoms with E-state index in [-0.39, 0.29) is 0 Å². The van der Waals surface area contributed by atoms with Crippen molar-refractivity contribution in [2.45, 2.75) is 71.1 Å². The van der Waals surface area contributed by atoms with Crippen LogP contribution in [0, 0.1) is 11.3 Å². The molecular weight excluding hydrogens is 370 g/mol. The average molecular weight is 408 g/mol. The van der Waals surface area contributed by atoms with Gasteiger partial charge in [0.2, 0.25) is 0 Å². The van der Waals surface area contributed by atoms with Crippen molar-refractivity contribution < 1.29 is 9.90 Å². The van der Waals surface area contributed by atoms with E-state index in [4.69, 9.17) is 10.8 Å². The second-order valence-corrected chi connectivity index (χ2v) is 9.96. The molecule has 0 aromatic heterocycles. The van der Waals surface area contributed by atoms with Gasteiger partial charge in [-0.05, 0) is 83.7 Å². The first kappa shape index (κ1) is 22.6. The molecule has 1 saturated carbocycles. The summed E-state index contributed by atoms with van der Waals surface area (Å²) in [4.78, 5) is 10.2. The summed E-state index contributed by atoms with van der Waals surface area (Å²) < 4.78 is 0. The molecule has 2 aromatic rings. The molecule has 2 aliphatic carbocycles. The Bertz CT molecular complexity index is 876. The van der Waals surface area contributed by atoms with E-state index in [0.717, 1.165) is 12.5 Å². The molecule has 3 N–H and O–H groups in total. The molecule has 0 unspecified atom stereocenters. The van der Waals surface area contributed by atoms with Crippen molar-refractivity contribution in [3.63, 3.8) is 0 Å². The van der Waals surface area contributed by atoms with E-state index in [0.29, 0.717) is 22.3 Å². The van der Waals surface area contributed by atoms with Crippen molar-refractivity contribution in [3.8, 4) is 0 Å². The van der Waals surface area contributed by atoms with Crippen LogP contribution >= 0.6 is 0 Å². The highest BCUT2D eigenvalue weighted by molar-refractivity contribution is 5.87. The molecule has 0 spiro atoms. The molecule has 2 aromatic carbocycles. The van der Waals surface area contributed by atoms with Crippen LogP contribution in [0.3, 0.4) is 0 Å². The first-order valence-corrected chi connectivity index (χ1v) is 11.3. The Kier molecular flexibility index (Phi) is 6.71. The van der Waals surface area contributed by atoms with Gasteiger partial charge in [-0.3, -0.25) is 0 Å². The topological polar surface area (TPSA) is 63.3 Å². The summed E-state index contributed by atoms with van der Waals surface area (Å²) in [5.41, 5.74) is 11.9. The van der Waals surface area contributed by atoms with E-state index in [2.05, 4.69) is 45.9 Å². The summed E-state index contributed by atoms with van der Waals surface area (Å²) >= 11 is 0. The fourth-order valence-corrected chi connectivity index (χ4v) is 5.83. The van der Waals surface area contributed by atoms with E-state index in [1.807, 2.05) is 0 Å². The van der Waals surface area contributed by atoms with Gasteiger partial charge in [-0.1, -0.05) is 70.5 Å². The predicted molar refractivity (Wildman–Crippen MR) is 124 cm³/mol. The molecule has 3 atom stereocenters. The number of carbonyl (C=O) groups is 1. The van der Waals surface area contributed by atoms with Crippen LogP contribution < -0.4 is 5.73 Å². The van der Waals surface area contributed by atoms with Gasteiger partial charge in [-0.15, -0.1) is 0 Å². The first-order chi connectivity index (χ1) is 14.2. The van der Waals surface area contributed by atoms with Gasteiger partial charge in [0.15, 0.2) is 0 Å². The van der Waals surface area contributed by atoms with Gasteiger partial charge in [0.1, 0.15) is 0 Å².